The summed E-state index contributed by atoms with van der Waals surface area (Å²) in [6, 6.07) is 9.79. The molecule has 0 saturated heterocycles. The molecule has 0 amide bonds. The van der Waals surface area contributed by atoms with Crippen LogP contribution in [0.25, 0.3) is 11.3 Å². The number of halogens is 3. The van der Waals surface area contributed by atoms with Gasteiger partial charge in [-0.25, -0.2) is 14.2 Å². The summed E-state index contributed by atoms with van der Waals surface area (Å²) in [5.41, 5.74) is 1.17. The summed E-state index contributed by atoms with van der Waals surface area (Å²) in [5, 5.41) is 3.28. The normalized spacial score (nSPS) is 10.5. The summed E-state index contributed by atoms with van der Waals surface area (Å²) in [4.78, 5) is 16.5. The number of carbonyl (C=O) groups is 1. The Kier molecular flexibility index (Phi) is 7.84. The van der Waals surface area contributed by atoms with Gasteiger partial charge in [0.2, 0.25) is 0 Å². The van der Waals surface area contributed by atoms with Crippen LogP contribution in [0.1, 0.15) is 16.1 Å². The number of nitrogens with one attached hydrogen (secondary N) is 1. The van der Waals surface area contributed by atoms with E-state index in [0.29, 0.717) is 17.2 Å². The molecule has 1 heterocycles. The first-order valence-electron chi connectivity index (χ1n) is 9.60. The Morgan fingerprint density at radius 3 is 2.42 bits per heavy atom. The van der Waals surface area contributed by atoms with Crippen molar-refractivity contribution in [3.05, 3.63) is 63.5 Å². The molecule has 0 unspecified atom stereocenters. The van der Waals surface area contributed by atoms with Gasteiger partial charge in [0.25, 0.3) is 0 Å². The molecule has 1 N–H and O–H groups in total. The van der Waals surface area contributed by atoms with Gasteiger partial charge in [-0.2, -0.15) is 0 Å². The van der Waals surface area contributed by atoms with E-state index in [1.807, 2.05) is 6.07 Å². The second kappa shape index (κ2) is 10.6. The highest BCUT2D eigenvalue weighted by Crippen LogP contribution is 2.37. The molecule has 10 heteroatoms. The molecule has 0 fully saturated rings. The zero-order chi connectivity index (χ0) is 24.1. The number of esters is 1. The van der Waals surface area contributed by atoms with E-state index in [0.717, 1.165) is 5.56 Å². The molecule has 33 heavy (non-hydrogen) atoms. The molecule has 0 saturated carbocycles. The van der Waals surface area contributed by atoms with Gasteiger partial charge in [0.1, 0.15) is 11.5 Å². The first-order chi connectivity index (χ1) is 15.8. The zero-order valence-electron chi connectivity index (χ0n) is 18.3. The third-order valence-electron chi connectivity index (χ3n) is 4.83. The van der Waals surface area contributed by atoms with Gasteiger partial charge in [0.15, 0.2) is 17.3 Å². The fourth-order valence-corrected chi connectivity index (χ4v) is 3.60. The summed E-state index contributed by atoms with van der Waals surface area (Å²) < 4.78 is 35.5. The van der Waals surface area contributed by atoms with Crippen molar-refractivity contribution in [1.29, 1.82) is 0 Å². The van der Waals surface area contributed by atoms with Gasteiger partial charge in [0, 0.05) is 23.7 Å². The summed E-state index contributed by atoms with van der Waals surface area (Å²) in [5.74, 6) is -0.399. The molecule has 0 aliphatic rings. The first-order valence-corrected chi connectivity index (χ1v) is 10.4. The zero-order valence-corrected chi connectivity index (χ0v) is 19.8. The van der Waals surface area contributed by atoms with Gasteiger partial charge in [-0.1, -0.05) is 23.2 Å². The predicted octanol–water partition coefficient (Wildman–Crippen LogP) is 5.62. The standard InChI is InChI=1S/C23H21Cl2FN2O5/c1-30-13-6-5-12(18(9-13)31-2)11-27-17-10-16(28-21(19(17)25)23(29)33-4)14-7-8-15(24)22(32-3)20(14)26/h5-10H,11H2,1-4H3,(H,27,28). The molecule has 1 aromatic heterocycles. The van der Waals surface area contributed by atoms with E-state index >= 15 is 4.39 Å². The van der Waals surface area contributed by atoms with E-state index < -0.39 is 11.8 Å². The average molecular weight is 495 g/mol. The molecule has 174 valence electrons. The van der Waals surface area contributed by atoms with Crippen molar-refractivity contribution < 1.29 is 28.1 Å². The molecule has 0 aliphatic heterocycles. The minimum absolute atomic E-state index is 0.0272. The third kappa shape index (κ3) is 5.07. The molecule has 0 spiro atoms. The Hall–Kier alpha value is -3.23. The Bertz CT molecular complexity index is 1190. The van der Waals surface area contributed by atoms with Crippen LogP contribution in [-0.2, 0) is 11.3 Å². The van der Waals surface area contributed by atoms with E-state index in [2.05, 4.69) is 10.3 Å². The Labute approximate surface area is 200 Å². The number of anilines is 1. The smallest absolute Gasteiger partial charge is 0.358 e. The number of rotatable bonds is 8. The lowest BCUT2D eigenvalue weighted by molar-refractivity contribution is 0.0594. The van der Waals surface area contributed by atoms with E-state index in [9.17, 15) is 4.79 Å². The Morgan fingerprint density at radius 2 is 1.79 bits per heavy atom. The number of ether oxygens (including phenoxy) is 4. The number of pyridine rings is 1. The van der Waals surface area contributed by atoms with E-state index in [-0.39, 0.29) is 39.3 Å². The van der Waals surface area contributed by atoms with Crippen molar-refractivity contribution in [2.75, 3.05) is 33.8 Å². The lowest BCUT2D eigenvalue weighted by Gasteiger charge is -2.16. The first kappa shape index (κ1) is 24.4. The third-order valence-corrected chi connectivity index (χ3v) is 5.51. The Balaban J connectivity index is 2.07. The van der Waals surface area contributed by atoms with Crippen LogP contribution in [0.15, 0.2) is 36.4 Å². The van der Waals surface area contributed by atoms with Crippen LogP contribution in [0.3, 0.4) is 0 Å². The highest BCUT2D eigenvalue weighted by Gasteiger charge is 2.22. The van der Waals surface area contributed by atoms with Crippen molar-refractivity contribution in [3.63, 3.8) is 0 Å². The molecule has 2 aromatic carbocycles. The molecule has 3 aromatic rings. The largest absolute Gasteiger partial charge is 0.497 e. The van der Waals surface area contributed by atoms with Crippen LogP contribution < -0.4 is 19.5 Å². The number of carbonyl (C=O) groups excluding carboxylic acids is 1. The lowest BCUT2D eigenvalue weighted by Crippen LogP contribution is -2.10. The number of benzene rings is 2. The fraction of sp³-hybridized carbons (Fsp3) is 0.217. The number of aromatic nitrogens is 1. The molecule has 0 radical (unpaired) electrons. The maximum absolute atomic E-state index is 15.0. The number of methoxy groups -OCH3 is 4. The fourth-order valence-electron chi connectivity index (χ4n) is 3.13. The summed E-state index contributed by atoms with van der Waals surface area (Å²) in [6.45, 7) is 0.281. The van der Waals surface area contributed by atoms with E-state index in [4.69, 9.17) is 42.1 Å². The molecule has 7 nitrogen and oxygen atoms in total. The van der Waals surface area contributed by atoms with E-state index in [1.54, 1.807) is 26.4 Å². The van der Waals surface area contributed by atoms with Gasteiger partial charge in [-0.15, -0.1) is 0 Å². The van der Waals surface area contributed by atoms with Gasteiger partial charge in [-0.05, 0) is 30.3 Å². The lowest BCUT2D eigenvalue weighted by atomic mass is 10.1. The van der Waals surface area contributed by atoms with Crippen LogP contribution in [0.5, 0.6) is 17.2 Å². The molecular weight excluding hydrogens is 474 g/mol. The minimum atomic E-state index is -0.770. The SMILES string of the molecule is COC(=O)c1nc(-c2ccc(Cl)c(OC)c2F)cc(NCc2ccc(OC)cc2OC)c1Cl. The highest BCUT2D eigenvalue weighted by atomic mass is 35.5. The van der Waals surface area contributed by atoms with Gasteiger partial charge in [0.05, 0.1) is 49.9 Å². The summed E-state index contributed by atoms with van der Waals surface area (Å²) >= 11 is 12.4. The second-order valence-corrected chi connectivity index (χ2v) is 7.47. The molecular formula is C23H21Cl2FN2O5. The van der Waals surface area contributed by atoms with Crippen molar-refractivity contribution in [1.82, 2.24) is 4.98 Å². The van der Waals surface area contributed by atoms with Crippen molar-refractivity contribution in [3.8, 4) is 28.5 Å². The van der Waals surface area contributed by atoms with Crippen LogP contribution in [-0.4, -0.2) is 39.4 Å². The molecule has 0 atom stereocenters. The van der Waals surface area contributed by atoms with E-state index in [1.165, 1.54) is 32.4 Å². The van der Waals surface area contributed by atoms with Gasteiger partial charge >= 0.3 is 5.97 Å². The highest BCUT2D eigenvalue weighted by molar-refractivity contribution is 6.36. The second-order valence-electron chi connectivity index (χ2n) is 6.68. The number of hydrogen-bond donors (Lipinski definition) is 1. The van der Waals surface area contributed by atoms with Gasteiger partial charge in [-0.3, -0.25) is 0 Å². The quantitative estimate of drug-likeness (QED) is 0.407. The van der Waals surface area contributed by atoms with Crippen molar-refractivity contribution in [2.24, 2.45) is 0 Å². The molecule has 0 aliphatic carbocycles. The van der Waals surface area contributed by atoms with Crippen LogP contribution in [0.2, 0.25) is 10.0 Å². The van der Waals surface area contributed by atoms with Crippen LogP contribution >= 0.6 is 23.2 Å². The van der Waals surface area contributed by atoms with Gasteiger partial charge < -0.3 is 24.3 Å². The van der Waals surface area contributed by atoms with Crippen LogP contribution in [0.4, 0.5) is 10.1 Å². The topological polar surface area (TPSA) is 78.9 Å². The summed E-state index contributed by atoms with van der Waals surface area (Å²) in [6.07, 6.45) is 0. The minimum Gasteiger partial charge on any atom is -0.497 e. The van der Waals surface area contributed by atoms with Crippen molar-refractivity contribution >= 4 is 34.9 Å². The van der Waals surface area contributed by atoms with Crippen molar-refractivity contribution in [2.45, 2.75) is 6.54 Å². The van der Waals surface area contributed by atoms with Crippen LogP contribution in [0, 0.1) is 5.82 Å². The number of hydrogen-bond acceptors (Lipinski definition) is 7. The molecule has 3 rings (SSSR count). The monoisotopic (exact) mass is 494 g/mol. The number of nitrogens with zero attached hydrogens (tertiary/aromatic N) is 1. The average Bonchev–Trinajstić information content (AvgIpc) is 2.83. The molecule has 0 bridgehead atoms. The maximum Gasteiger partial charge on any atom is 0.358 e. The summed E-state index contributed by atoms with van der Waals surface area (Å²) in [7, 11) is 5.61. The predicted molar refractivity (Wildman–Crippen MR) is 124 cm³/mol. The Morgan fingerprint density at radius 1 is 1.03 bits per heavy atom. The maximum atomic E-state index is 15.0.